The van der Waals surface area contributed by atoms with Gasteiger partial charge in [0, 0.05) is 20.1 Å². The summed E-state index contributed by atoms with van der Waals surface area (Å²) in [6.07, 6.45) is 2.24. The van der Waals surface area contributed by atoms with E-state index >= 15 is 0 Å². The average molecular weight is 298 g/mol. The van der Waals surface area contributed by atoms with Gasteiger partial charge >= 0.3 is 0 Å². The van der Waals surface area contributed by atoms with E-state index in [1.54, 1.807) is 7.05 Å². The highest BCUT2D eigenvalue weighted by Crippen LogP contribution is 2.24. The van der Waals surface area contributed by atoms with Crippen LogP contribution in [-0.2, 0) is 16.8 Å². The van der Waals surface area contributed by atoms with Gasteiger partial charge in [-0.05, 0) is 24.3 Å². The summed E-state index contributed by atoms with van der Waals surface area (Å²) in [6.45, 7) is 0.645. The first-order valence-corrected chi connectivity index (χ1v) is 8.36. The molecule has 0 amide bonds. The van der Waals surface area contributed by atoms with Crippen LogP contribution in [0.2, 0.25) is 0 Å². The highest BCUT2D eigenvalue weighted by atomic mass is 32.2. The third kappa shape index (κ3) is 4.02. The van der Waals surface area contributed by atoms with Crippen molar-refractivity contribution in [2.75, 3.05) is 13.6 Å². The number of nitrogens with zero attached hydrogens (tertiary/aromatic N) is 1. The molecular weight excluding hydrogens is 276 g/mol. The predicted molar refractivity (Wildman–Crippen MR) is 78.2 cm³/mol. The van der Waals surface area contributed by atoms with Crippen LogP contribution in [0.4, 0.5) is 0 Å². The molecule has 1 aromatic rings. The van der Waals surface area contributed by atoms with Crippen LogP contribution in [0.3, 0.4) is 0 Å². The molecule has 2 unspecified atom stereocenters. The van der Waals surface area contributed by atoms with Gasteiger partial charge in [-0.3, -0.25) is 0 Å². The zero-order valence-electron chi connectivity index (χ0n) is 11.7. The molecule has 0 aromatic heterocycles. The summed E-state index contributed by atoms with van der Waals surface area (Å²) in [5.41, 5.74) is 0.946. The van der Waals surface area contributed by atoms with Crippen LogP contribution in [0.5, 0.6) is 0 Å². The Morgan fingerprint density at radius 2 is 2.00 bits per heavy atom. The lowest BCUT2D eigenvalue weighted by molar-refractivity contribution is 0.134. The fraction of sp³-hybridized carbons (Fsp3) is 0.571. The van der Waals surface area contributed by atoms with Crippen LogP contribution in [0, 0.1) is 5.92 Å². The van der Waals surface area contributed by atoms with Gasteiger partial charge in [-0.25, -0.2) is 4.72 Å². The van der Waals surface area contributed by atoms with Gasteiger partial charge in [-0.15, -0.1) is 0 Å². The third-order valence-corrected chi connectivity index (χ3v) is 5.29. The lowest BCUT2D eigenvalue weighted by Gasteiger charge is -2.20. The van der Waals surface area contributed by atoms with Crippen molar-refractivity contribution in [3.05, 3.63) is 35.9 Å². The molecule has 0 aliphatic heterocycles. The summed E-state index contributed by atoms with van der Waals surface area (Å²) in [5.74, 6) is 0.0369. The molecule has 1 aliphatic rings. The maximum absolute atomic E-state index is 12.1. The zero-order valence-corrected chi connectivity index (χ0v) is 12.5. The zero-order chi connectivity index (χ0) is 14.6. The van der Waals surface area contributed by atoms with Crippen LogP contribution >= 0.6 is 0 Å². The van der Waals surface area contributed by atoms with Gasteiger partial charge in [0.05, 0.1) is 6.10 Å². The maximum atomic E-state index is 12.1. The van der Waals surface area contributed by atoms with Crippen molar-refractivity contribution in [2.24, 2.45) is 5.92 Å². The van der Waals surface area contributed by atoms with E-state index in [4.69, 9.17) is 0 Å². The molecule has 0 heterocycles. The molecule has 1 fully saturated rings. The number of benzene rings is 1. The van der Waals surface area contributed by atoms with Gasteiger partial charge in [0.25, 0.3) is 10.2 Å². The normalized spacial score (nSPS) is 23.4. The van der Waals surface area contributed by atoms with Crippen molar-refractivity contribution in [3.63, 3.8) is 0 Å². The molecule has 0 spiro atoms. The number of rotatable bonds is 6. The first kappa shape index (κ1) is 15.4. The highest BCUT2D eigenvalue weighted by molar-refractivity contribution is 7.87. The standard InChI is InChI=1S/C14H22N2O3S/c1-16(11-12-6-3-2-4-7-12)20(18,19)15-10-13-8-5-9-14(13)17/h2-4,6-7,13-15,17H,5,8-11H2,1H3. The first-order valence-electron chi connectivity index (χ1n) is 6.92. The smallest absolute Gasteiger partial charge is 0.279 e. The van der Waals surface area contributed by atoms with E-state index in [1.165, 1.54) is 4.31 Å². The van der Waals surface area contributed by atoms with Crippen LogP contribution < -0.4 is 4.72 Å². The van der Waals surface area contributed by atoms with Crippen LogP contribution in [0.1, 0.15) is 24.8 Å². The molecular formula is C14H22N2O3S. The van der Waals surface area contributed by atoms with E-state index in [2.05, 4.69) is 4.72 Å². The molecule has 112 valence electrons. The quantitative estimate of drug-likeness (QED) is 0.826. The van der Waals surface area contributed by atoms with Gasteiger partial charge in [0.15, 0.2) is 0 Å². The van der Waals surface area contributed by atoms with Crippen LogP contribution in [-0.4, -0.2) is 37.5 Å². The molecule has 5 nitrogen and oxygen atoms in total. The molecule has 1 aliphatic carbocycles. The predicted octanol–water partition coefficient (Wildman–Crippen LogP) is 1.11. The summed E-state index contributed by atoms with van der Waals surface area (Å²) >= 11 is 0. The van der Waals surface area contributed by atoms with E-state index in [0.29, 0.717) is 13.1 Å². The maximum Gasteiger partial charge on any atom is 0.279 e. The van der Waals surface area contributed by atoms with Crippen molar-refractivity contribution < 1.29 is 13.5 Å². The summed E-state index contributed by atoms with van der Waals surface area (Å²) < 4.78 is 28.1. The number of hydrogen-bond acceptors (Lipinski definition) is 3. The van der Waals surface area contributed by atoms with Gasteiger partial charge < -0.3 is 5.11 Å². The minimum Gasteiger partial charge on any atom is -0.393 e. The molecule has 0 bridgehead atoms. The fourth-order valence-corrected chi connectivity index (χ4v) is 3.47. The third-order valence-electron chi connectivity index (χ3n) is 3.81. The molecule has 1 saturated carbocycles. The number of aliphatic hydroxyl groups excluding tert-OH is 1. The molecule has 20 heavy (non-hydrogen) atoms. The molecule has 0 radical (unpaired) electrons. The number of hydrogen-bond donors (Lipinski definition) is 2. The monoisotopic (exact) mass is 298 g/mol. The second-order valence-corrected chi connectivity index (χ2v) is 7.22. The summed E-state index contributed by atoms with van der Waals surface area (Å²) in [5, 5.41) is 9.71. The second kappa shape index (κ2) is 6.67. The van der Waals surface area contributed by atoms with Gasteiger partial charge in [-0.1, -0.05) is 36.8 Å². The molecule has 2 N–H and O–H groups in total. The molecule has 6 heteroatoms. The minimum atomic E-state index is -3.50. The van der Waals surface area contributed by atoms with E-state index in [1.807, 2.05) is 30.3 Å². The van der Waals surface area contributed by atoms with E-state index in [-0.39, 0.29) is 12.0 Å². The SMILES string of the molecule is CN(Cc1ccccc1)S(=O)(=O)NCC1CCCC1O. The Morgan fingerprint density at radius 3 is 2.60 bits per heavy atom. The van der Waals surface area contributed by atoms with Crippen molar-refractivity contribution in [3.8, 4) is 0 Å². The first-order chi connectivity index (χ1) is 9.49. The van der Waals surface area contributed by atoms with Crippen molar-refractivity contribution in [2.45, 2.75) is 31.9 Å². The minimum absolute atomic E-state index is 0.0369. The lowest BCUT2D eigenvalue weighted by atomic mass is 10.1. The molecule has 2 atom stereocenters. The van der Waals surface area contributed by atoms with Gasteiger partial charge in [-0.2, -0.15) is 12.7 Å². The number of nitrogens with one attached hydrogen (secondary N) is 1. The number of aliphatic hydroxyl groups is 1. The Morgan fingerprint density at radius 1 is 1.30 bits per heavy atom. The Kier molecular flexibility index (Phi) is 5.15. The Bertz CT molecular complexity index is 518. The Balaban J connectivity index is 1.89. The molecule has 2 rings (SSSR count). The highest BCUT2D eigenvalue weighted by Gasteiger charge is 2.27. The second-order valence-electron chi connectivity index (χ2n) is 5.35. The van der Waals surface area contributed by atoms with Crippen molar-refractivity contribution in [1.82, 2.24) is 9.03 Å². The fourth-order valence-electron chi connectivity index (χ4n) is 2.50. The lowest BCUT2D eigenvalue weighted by Crippen LogP contribution is -2.41. The topological polar surface area (TPSA) is 69.6 Å². The van der Waals surface area contributed by atoms with E-state index < -0.39 is 10.2 Å². The van der Waals surface area contributed by atoms with Crippen molar-refractivity contribution in [1.29, 1.82) is 0 Å². The molecule has 0 saturated heterocycles. The van der Waals surface area contributed by atoms with Gasteiger partial charge in [0.2, 0.25) is 0 Å². The van der Waals surface area contributed by atoms with E-state index in [0.717, 1.165) is 24.8 Å². The van der Waals surface area contributed by atoms with E-state index in [9.17, 15) is 13.5 Å². The Hall–Kier alpha value is -0.950. The summed E-state index contributed by atoms with van der Waals surface area (Å²) in [6, 6.07) is 9.47. The summed E-state index contributed by atoms with van der Waals surface area (Å²) in [4.78, 5) is 0. The van der Waals surface area contributed by atoms with Gasteiger partial charge in [0.1, 0.15) is 0 Å². The van der Waals surface area contributed by atoms with Crippen LogP contribution in [0.15, 0.2) is 30.3 Å². The van der Waals surface area contributed by atoms with Crippen molar-refractivity contribution >= 4 is 10.2 Å². The Labute approximate surface area is 120 Å². The molecule has 1 aromatic carbocycles. The largest absolute Gasteiger partial charge is 0.393 e. The van der Waals surface area contributed by atoms with Crippen LogP contribution in [0.25, 0.3) is 0 Å². The average Bonchev–Trinajstić information content (AvgIpc) is 2.83. The summed E-state index contributed by atoms with van der Waals surface area (Å²) in [7, 11) is -1.94.